The predicted octanol–water partition coefficient (Wildman–Crippen LogP) is 3.48. The zero-order valence-electron chi connectivity index (χ0n) is 16.3. The van der Waals surface area contributed by atoms with Crippen molar-refractivity contribution in [1.29, 1.82) is 0 Å². The van der Waals surface area contributed by atoms with E-state index in [1.54, 1.807) is 19.1 Å². The van der Waals surface area contributed by atoms with Gasteiger partial charge in [0.15, 0.2) is 4.90 Å². The average Bonchev–Trinajstić information content (AvgIpc) is 2.73. The Bertz CT molecular complexity index is 1450. The molecule has 0 aromatic heterocycles. The highest BCUT2D eigenvalue weighted by atomic mass is 32.3. The predicted molar refractivity (Wildman–Crippen MR) is 113 cm³/mol. The second-order valence-electron chi connectivity index (χ2n) is 6.81. The van der Waals surface area contributed by atoms with E-state index >= 15 is 0 Å². The largest absolute Gasteiger partial charge is 0.497 e. The number of nitro benzene ring substituents is 1. The Morgan fingerprint density at radius 2 is 1.71 bits per heavy atom. The van der Waals surface area contributed by atoms with Crippen molar-refractivity contribution in [3.8, 4) is 16.9 Å². The van der Waals surface area contributed by atoms with Gasteiger partial charge in [0, 0.05) is 17.2 Å². The third kappa shape index (κ3) is 3.13. The summed E-state index contributed by atoms with van der Waals surface area (Å²) in [4.78, 5) is 9.76. The molecule has 0 aliphatic carbocycles. The highest BCUT2D eigenvalue weighted by Crippen LogP contribution is 2.47. The molecule has 4 rings (SSSR count). The topological polar surface area (TPSA) is 124 Å². The van der Waals surface area contributed by atoms with Crippen molar-refractivity contribution >= 4 is 31.4 Å². The molecule has 9 nitrogen and oxygen atoms in total. The van der Waals surface area contributed by atoms with Crippen LogP contribution in [0, 0.1) is 17.0 Å². The Morgan fingerprint density at radius 1 is 1.00 bits per heavy atom. The Balaban J connectivity index is 2.08. The summed E-state index contributed by atoms with van der Waals surface area (Å²) in [6.45, 7) is 1.57. The van der Waals surface area contributed by atoms with Crippen molar-refractivity contribution in [1.82, 2.24) is 0 Å². The number of anilines is 1. The normalized spacial score (nSPS) is 14.5. The monoisotopic (exact) mass is 460 g/mol. The van der Waals surface area contributed by atoms with E-state index in [-0.39, 0.29) is 14.3 Å². The molecule has 0 saturated heterocycles. The summed E-state index contributed by atoms with van der Waals surface area (Å²) in [5.41, 5.74) is 0.227. The maximum Gasteiger partial charge on any atom is 0.290 e. The third-order valence-electron chi connectivity index (χ3n) is 4.88. The van der Waals surface area contributed by atoms with Gasteiger partial charge in [0.2, 0.25) is 0 Å². The van der Waals surface area contributed by atoms with Crippen LogP contribution in [0.3, 0.4) is 0 Å². The van der Waals surface area contributed by atoms with Crippen LogP contribution in [0.15, 0.2) is 70.5 Å². The molecule has 1 aliphatic heterocycles. The van der Waals surface area contributed by atoms with Gasteiger partial charge in [-0.3, -0.25) is 10.1 Å². The fraction of sp³-hybridized carbons (Fsp3) is 0.100. The van der Waals surface area contributed by atoms with Crippen molar-refractivity contribution in [3.63, 3.8) is 0 Å². The second kappa shape index (κ2) is 7.06. The first-order valence-electron chi connectivity index (χ1n) is 8.92. The number of aryl methyl sites for hydroxylation is 1. The van der Waals surface area contributed by atoms with Crippen molar-refractivity contribution in [2.45, 2.75) is 16.7 Å². The molecule has 0 fully saturated rings. The second-order valence-corrected chi connectivity index (χ2v) is 10.6. The van der Waals surface area contributed by atoms with Crippen LogP contribution in [0.25, 0.3) is 11.1 Å². The van der Waals surface area contributed by atoms with Crippen LogP contribution in [0.2, 0.25) is 0 Å². The summed E-state index contributed by atoms with van der Waals surface area (Å²) >= 11 is 0. The van der Waals surface area contributed by atoms with E-state index in [0.717, 1.165) is 12.1 Å². The first-order chi connectivity index (χ1) is 14.6. The molecule has 3 aromatic carbocycles. The third-order valence-corrected chi connectivity index (χ3v) is 9.14. The van der Waals surface area contributed by atoms with E-state index < -0.39 is 35.6 Å². The van der Waals surface area contributed by atoms with Gasteiger partial charge in [-0.05, 0) is 42.8 Å². The summed E-state index contributed by atoms with van der Waals surface area (Å²) in [6.07, 6.45) is 0. The number of hydrogen-bond acceptors (Lipinski definition) is 7. The first-order valence-corrected chi connectivity index (χ1v) is 11.8. The Hall–Kier alpha value is -3.44. The van der Waals surface area contributed by atoms with Crippen LogP contribution in [-0.4, -0.2) is 28.9 Å². The summed E-state index contributed by atoms with van der Waals surface area (Å²) in [5.74, 6) is 0.395. The fourth-order valence-electron chi connectivity index (χ4n) is 3.49. The van der Waals surface area contributed by atoms with Crippen molar-refractivity contribution in [3.05, 3.63) is 76.3 Å². The maximum atomic E-state index is 13.6. The lowest BCUT2D eigenvalue weighted by molar-refractivity contribution is -0.387. The smallest absolute Gasteiger partial charge is 0.290 e. The molecule has 1 heterocycles. The molecule has 160 valence electrons. The Kier molecular flexibility index (Phi) is 4.74. The molecule has 0 N–H and O–H groups in total. The van der Waals surface area contributed by atoms with Crippen molar-refractivity contribution in [2.24, 2.45) is 0 Å². The van der Waals surface area contributed by atoms with Crippen LogP contribution in [0.5, 0.6) is 5.75 Å². The molecule has 0 atom stereocenters. The van der Waals surface area contributed by atoms with E-state index in [4.69, 9.17) is 4.74 Å². The molecule has 0 saturated carbocycles. The first kappa shape index (κ1) is 20.8. The number of methoxy groups -OCH3 is 1. The lowest BCUT2D eigenvalue weighted by Crippen LogP contribution is -2.39. The summed E-state index contributed by atoms with van der Waals surface area (Å²) in [6, 6.07) is 13.7. The highest BCUT2D eigenvalue weighted by molar-refractivity contribution is 8.10. The van der Waals surface area contributed by atoms with Gasteiger partial charge in [-0.1, -0.05) is 24.3 Å². The molecule has 0 amide bonds. The van der Waals surface area contributed by atoms with Gasteiger partial charge in [0.25, 0.3) is 25.7 Å². The van der Waals surface area contributed by atoms with E-state index in [2.05, 4.69) is 0 Å². The minimum Gasteiger partial charge on any atom is -0.497 e. The molecular weight excluding hydrogens is 444 g/mol. The maximum absolute atomic E-state index is 13.6. The Labute approximate surface area is 178 Å². The van der Waals surface area contributed by atoms with E-state index in [1.165, 1.54) is 43.5 Å². The molecule has 31 heavy (non-hydrogen) atoms. The van der Waals surface area contributed by atoms with Crippen LogP contribution < -0.4 is 8.45 Å². The quantitative estimate of drug-likeness (QED) is 0.431. The van der Waals surface area contributed by atoms with Gasteiger partial charge in [-0.25, -0.2) is 0 Å². The fourth-order valence-corrected chi connectivity index (χ4v) is 7.54. The lowest BCUT2D eigenvalue weighted by atomic mass is 10.0. The number of sulfonamides is 2. The zero-order chi connectivity index (χ0) is 22.6. The van der Waals surface area contributed by atoms with Gasteiger partial charge in [-0.15, -0.1) is 0 Å². The number of ether oxygens (including phenoxy) is 1. The summed E-state index contributed by atoms with van der Waals surface area (Å²) in [5, 5.41) is 11.5. The van der Waals surface area contributed by atoms with E-state index in [0.29, 0.717) is 22.4 Å². The number of hydrogen-bond donors (Lipinski definition) is 0. The van der Waals surface area contributed by atoms with Gasteiger partial charge in [-0.2, -0.15) is 20.5 Å². The summed E-state index contributed by atoms with van der Waals surface area (Å²) < 4.78 is 59.5. The van der Waals surface area contributed by atoms with Crippen molar-refractivity contribution in [2.75, 3.05) is 10.8 Å². The number of nitrogens with zero attached hydrogens (tertiary/aromatic N) is 2. The van der Waals surface area contributed by atoms with E-state index in [9.17, 15) is 26.9 Å². The van der Waals surface area contributed by atoms with Crippen molar-refractivity contribution < 1.29 is 26.5 Å². The standard InChI is InChI=1S/C20H16N2O7S2/c1-13-7-10-20(18(11-13)21(23)24)31(27,28)22-17-9-8-14(29-2)12-16(17)15-5-3-4-6-19(15)30(22,25)26/h3-12H,1-2H3. The Morgan fingerprint density at radius 3 is 2.39 bits per heavy atom. The van der Waals surface area contributed by atoms with Crippen LogP contribution in [-0.2, 0) is 20.0 Å². The van der Waals surface area contributed by atoms with Gasteiger partial charge in [0.05, 0.1) is 22.6 Å². The number of nitro groups is 1. The molecule has 0 bridgehead atoms. The lowest BCUT2D eigenvalue weighted by Gasteiger charge is -2.31. The summed E-state index contributed by atoms with van der Waals surface area (Å²) in [7, 11) is -8.04. The average molecular weight is 460 g/mol. The zero-order valence-corrected chi connectivity index (χ0v) is 18.0. The van der Waals surface area contributed by atoms with E-state index in [1.807, 2.05) is 0 Å². The molecule has 11 heteroatoms. The van der Waals surface area contributed by atoms with Gasteiger partial charge >= 0.3 is 0 Å². The minimum absolute atomic E-state index is 0.144. The van der Waals surface area contributed by atoms with Crippen LogP contribution >= 0.6 is 0 Å². The van der Waals surface area contributed by atoms with Gasteiger partial charge < -0.3 is 4.74 Å². The molecule has 0 radical (unpaired) electrons. The number of benzene rings is 3. The molecule has 0 spiro atoms. The number of rotatable bonds is 4. The SMILES string of the molecule is COc1ccc2c(c1)-c1ccccc1S(=O)(=O)N2S(=O)(=O)c1ccc(C)cc1[N+](=O)[O-]. The molecule has 0 unspecified atom stereocenters. The molecular formula is C20H16N2O7S2. The van der Waals surface area contributed by atoms with Gasteiger partial charge in [0.1, 0.15) is 5.75 Å². The minimum atomic E-state index is -4.87. The molecule has 1 aliphatic rings. The number of fused-ring (bicyclic) bond motifs is 3. The molecule has 3 aromatic rings. The highest BCUT2D eigenvalue weighted by Gasteiger charge is 2.45. The van der Waals surface area contributed by atoms with Crippen LogP contribution in [0.4, 0.5) is 11.4 Å². The van der Waals surface area contributed by atoms with Crippen LogP contribution in [0.1, 0.15) is 5.56 Å².